The third-order valence-corrected chi connectivity index (χ3v) is 11.6. The van der Waals surface area contributed by atoms with Crippen LogP contribution in [0.25, 0.3) is 6.08 Å². The lowest BCUT2D eigenvalue weighted by Gasteiger charge is -2.45. The molecule has 4 N–H and O–H groups in total. The summed E-state index contributed by atoms with van der Waals surface area (Å²) >= 11 is 0. The third-order valence-electron chi connectivity index (χ3n) is 8.26. The maximum absolute atomic E-state index is 12.7. The van der Waals surface area contributed by atoms with Crippen molar-refractivity contribution < 1.29 is 24.5 Å². The Morgan fingerprint density at radius 1 is 1.12 bits per heavy atom. The van der Waals surface area contributed by atoms with Gasteiger partial charge in [-0.3, -0.25) is 14.9 Å². The molecule has 3 aliphatic heterocycles. The fourth-order valence-electron chi connectivity index (χ4n) is 5.81. The number of benzene rings is 2. The zero-order valence-electron chi connectivity index (χ0n) is 24.0. The topological polar surface area (TPSA) is 108 Å². The van der Waals surface area contributed by atoms with Gasteiger partial charge < -0.3 is 20.3 Å². The molecule has 2 aromatic rings. The summed E-state index contributed by atoms with van der Waals surface area (Å²) < 4.78 is 4.96. The van der Waals surface area contributed by atoms with Gasteiger partial charge in [0.2, 0.25) is 0 Å². The van der Waals surface area contributed by atoms with Gasteiger partial charge in [0.15, 0.2) is 17.3 Å². The van der Waals surface area contributed by atoms with Crippen LogP contribution in [-0.2, 0) is 20.8 Å². The summed E-state index contributed by atoms with van der Waals surface area (Å²) in [5.74, 6) is 1.55. The highest BCUT2D eigenvalue weighted by Crippen LogP contribution is 2.55. The molecule has 0 radical (unpaired) electrons. The molecular weight excluding hydrogens is 569 g/mol. The van der Waals surface area contributed by atoms with Crippen LogP contribution in [-0.4, -0.2) is 47.4 Å². The van der Waals surface area contributed by atoms with Crippen molar-refractivity contribution in [2.75, 3.05) is 19.4 Å². The lowest BCUT2D eigenvalue weighted by atomic mass is 9.80. The average molecular weight is 607 g/mol. The molecule has 7 nitrogen and oxygen atoms in total. The Hall–Kier alpha value is -3.14. The number of rotatable bonds is 3. The predicted octanol–water partition coefficient (Wildman–Crippen LogP) is 6.02. The van der Waals surface area contributed by atoms with Crippen LogP contribution < -0.4 is 15.4 Å². The maximum atomic E-state index is 12.7. The van der Waals surface area contributed by atoms with Gasteiger partial charge in [0.25, 0.3) is 0 Å². The molecule has 3 aliphatic rings. The Labute approximate surface area is 255 Å². The highest BCUT2D eigenvalue weighted by Gasteiger charge is 2.44. The van der Waals surface area contributed by atoms with Crippen molar-refractivity contribution >= 4 is 39.2 Å². The van der Waals surface area contributed by atoms with Crippen LogP contribution in [0.15, 0.2) is 65.9 Å². The molecule has 3 heterocycles. The second-order valence-electron chi connectivity index (χ2n) is 11.1. The molecule has 5 rings (SSSR count). The van der Waals surface area contributed by atoms with E-state index in [-0.39, 0.29) is 40.4 Å². The van der Waals surface area contributed by atoms with Crippen LogP contribution in [0, 0.1) is 5.92 Å². The van der Waals surface area contributed by atoms with Gasteiger partial charge >= 0.3 is 0 Å². The fourth-order valence-corrected chi connectivity index (χ4v) is 9.57. The van der Waals surface area contributed by atoms with Crippen molar-refractivity contribution in [3.05, 3.63) is 82.6 Å². The minimum absolute atomic E-state index is 0.0223. The minimum atomic E-state index is -0.386. The number of methoxy groups -OCH3 is 1. The van der Waals surface area contributed by atoms with E-state index in [4.69, 9.17) is 4.74 Å². The summed E-state index contributed by atoms with van der Waals surface area (Å²) in [6.45, 7) is 2.96. The van der Waals surface area contributed by atoms with Crippen molar-refractivity contribution in [3.63, 3.8) is 0 Å². The smallest absolute Gasteiger partial charge is 0.163 e. The van der Waals surface area contributed by atoms with E-state index >= 15 is 0 Å². The molecule has 1 fully saturated rings. The molecule has 0 aromatic heterocycles. The standard InChI is InChI=1S/C33H38N2O5S2/c1-3-21-7-9-27(37)18-28(38)10-8-23-16-31(40-2)30(39)15-24(23)13-22-14-29-32(35-19-22)34-12-11-33(29,42-41-20-21)25-5-4-6-26(36)17-25/h4-6,8,10,14-17,19,21,32,34-36,39H,3,7,9,11-13,18,20H2,1-2H3. The summed E-state index contributed by atoms with van der Waals surface area (Å²) in [7, 11) is 5.15. The van der Waals surface area contributed by atoms with Crippen molar-refractivity contribution in [1.29, 1.82) is 0 Å². The summed E-state index contributed by atoms with van der Waals surface area (Å²) in [6, 6.07) is 11.0. The number of hydrogen-bond donors (Lipinski definition) is 4. The Balaban J connectivity index is 1.60. The molecule has 2 bridgehead atoms. The normalized spacial score (nSPS) is 25.3. The van der Waals surface area contributed by atoms with E-state index in [1.165, 1.54) is 18.8 Å². The first-order valence-corrected chi connectivity index (χ1v) is 16.8. The lowest BCUT2D eigenvalue weighted by Crippen LogP contribution is -2.53. The zero-order chi connectivity index (χ0) is 29.7. The van der Waals surface area contributed by atoms with E-state index in [0.29, 0.717) is 24.5 Å². The molecule has 9 heteroatoms. The number of phenolic OH excluding ortho intramolecular Hbond substituents is 2. The van der Waals surface area contributed by atoms with Gasteiger partial charge in [-0.25, -0.2) is 0 Å². The number of ether oxygens (including phenoxy) is 1. The van der Waals surface area contributed by atoms with Crippen LogP contribution >= 0.6 is 21.6 Å². The Bertz CT molecular complexity index is 1440. The monoisotopic (exact) mass is 606 g/mol. The molecule has 0 spiro atoms. The third kappa shape index (κ3) is 6.74. The number of carbonyl (C=O) groups is 2. The van der Waals surface area contributed by atoms with Crippen LogP contribution in [0.4, 0.5) is 0 Å². The number of hydrogen-bond acceptors (Lipinski definition) is 9. The summed E-state index contributed by atoms with van der Waals surface area (Å²) in [5, 5.41) is 28.3. The predicted molar refractivity (Wildman–Crippen MR) is 171 cm³/mol. The summed E-state index contributed by atoms with van der Waals surface area (Å²) in [5.41, 5.74) is 4.83. The zero-order valence-corrected chi connectivity index (χ0v) is 25.7. The number of Topliss-reactive ketones (excluding diaryl/α,β-unsaturated/α-hetero) is 1. The minimum Gasteiger partial charge on any atom is -0.508 e. The van der Waals surface area contributed by atoms with Crippen LogP contribution in [0.3, 0.4) is 0 Å². The quantitative estimate of drug-likeness (QED) is 0.246. The highest BCUT2D eigenvalue weighted by atomic mass is 33.1. The molecule has 42 heavy (non-hydrogen) atoms. The molecule has 3 unspecified atom stereocenters. The van der Waals surface area contributed by atoms with Crippen molar-refractivity contribution in [2.24, 2.45) is 5.92 Å². The first-order valence-electron chi connectivity index (χ1n) is 14.4. The van der Waals surface area contributed by atoms with Crippen molar-refractivity contribution in [1.82, 2.24) is 10.6 Å². The Kier molecular flexibility index (Phi) is 9.70. The number of nitrogens with one attached hydrogen (secondary N) is 2. The van der Waals surface area contributed by atoms with E-state index < -0.39 is 0 Å². The van der Waals surface area contributed by atoms with Gasteiger partial charge in [0.1, 0.15) is 17.7 Å². The van der Waals surface area contributed by atoms with E-state index in [2.05, 4.69) is 29.7 Å². The molecular formula is C33H38N2O5S2. The first kappa shape index (κ1) is 30.3. The van der Waals surface area contributed by atoms with Gasteiger partial charge in [-0.2, -0.15) is 0 Å². The largest absolute Gasteiger partial charge is 0.508 e. The number of aromatic hydroxyl groups is 2. The second kappa shape index (κ2) is 13.4. The SMILES string of the molecule is CCC1CCC(=O)CC(=O)C=Cc2cc(OC)c(O)cc2CC2=CNC3NCCC(c4cccc(O)c4)(SSC1)C3=C2. The molecule has 3 atom stereocenters. The Morgan fingerprint density at radius 3 is 2.76 bits per heavy atom. The number of fused-ring (bicyclic) bond motifs is 2. The van der Waals surface area contributed by atoms with Crippen LogP contribution in [0.2, 0.25) is 0 Å². The highest BCUT2D eigenvalue weighted by molar-refractivity contribution is 8.77. The number of dihydropyridines is 1. The van der Waals surface area contributed by atoms with Gasteiger partial charge in [0.05, 0.1) is 18.3 Å². The number of phenols is 2. The summed E-state index contributed by atoms with van der Waals surface area (Å²) in [6.07, 6.45) is 10.7. The molecule has 2 aromatic carbocycles. The molecule has 222 valence electrons. The van der Waals surface area contributed by atoms with Gasteiger partial charge in [-0.05, 0) is 89.9 Å². The second-order valence-corrected chi connectivity index (χ2v) is 13.7. The van der Waals surface area contributed by atoms with E-state index in [9.17, 15) is 19.8 Å². The summed E-state index contributed by atoms with van der Waals surface area (Å²) in [4.78, 5) is 25.4. The molecule has 0 saturated carbocycles. The van der Waals surface area contributed by atoms with Crippen molar-refractivity contribution in [3.8, 4) is 17.2 Å². The number of carbonyl (C=O) groups excluding carboxylic acids is 2. The van der Waals surface area contributed by atoms with Crippen molar-refractivity contribution in [2.45, 2.75) is 56.4 Å². The van der Waals surface area contributed by atoms with Gasteiger partial charge in [0, 0.05) is 18.4 Å². The Morgan fingerprint density at radius 2 is 1.98 bits per heavy atom. The van der Waals surface area contributed by atoms with Crippen LogP contribution in [0.5, 0.6) is 17.2 Å². The molecule has 1 saturated heterocycles. The van der Waals surface area contributed by atoms with E-state index in [0.717, 1.165) is 53.8 Å². The number of allylic oxidation sites excluding steroid dienone is 3. The van der Waals surface area contributed by atoms with Crippen LogP contribution in [0.1, 0.15) is 55.7 Å². The average Bonchev–Trinajstić information content (AvgIpc) is 2.98. The van der Waals surface area contributed by atoms with Gasteiger partial charge in [-0.1, -0.05) is 59.2 Å². The molecule has 0 amide bonds. The fraction of sp³-hybridized carbons (Fsp3) is 0.394. The number of piperidine rings is 1. The van der Waals surface area contributed by atoms with E-state index in [1.807, 2.05) is 39.9 Å². The lowest BCUT2D eigenvalue weighted by molar-refractivity contribution is -0.124. The first-order chi connectivity index (χ1) is 20.3. The number of ketones is 2. The van der Waals surface area contributed by atoms with E-state index in [1.54, 1.807) is 24.3 Å². The van der Waals surface area contributed by atoms with Gasteiger partial charge in [-0.15, -0.1) is 0 Å². The molecule has 0 aliphatic carbocycles. The maximum Gasteiger partial charge on any atom is 0.163 e.